The number of carbonyl (C=O) groups excluding carboxylic acids is 1. The number of carbonyl (C=O) groups is 1. The maximum absolute atomic E-state index is 12.5. The first-order chi connectivity index (χ1) is 12.0. The minimum Gasteiger partial charge on any atom is -0.356 e. The van der Waals surface area contributed by atoms with E-state index in [-0.39, 0.29) is 12.1 Å². The molecule has 2 aliphatic rings. The predicted octanol–water partition coefficient (Wildman–Crippen LogP) is 2.89. The van der Waals surface area contributed by atoms with Crippen LogP contribution in [0, 0.1) is 19.8 Å². The SMILES string of the molecule is Cc1cc(N2CCC(NC(=O)N3CCCC(C)CC3)CC2)nc(C)n1. The van der Waals surface area contributed by atoms with Gasteiger partial charge in [0.15, 0.2) is 0 Å². The van der Waals surface area contributed by atoms with Crippen LogP contribution in [0.2, 0.25) is 0 Å². The number of piperidine rings is 1. The zero-order chi connectivity index (χ0) is 17.8. The lowest BCUT2D eigenvalue weighted by atomic mass is 10.0. The Morgan fingerprint density at radius 3 is 2.56 bits per heavy atom. The van der Waals surface area contributed by atoms with Crippen molar-refractivity contribution in [1.29, 1.82) is 0 Å². The summed E-state index contributed by atoms with van der Waals surface area (Å²) in [7, 11) is 0. The maximum Gasteiger partial charge on any atom is 0.317 e. The van der Waals surface area contributed by atoms with E-state index in [0.717, 1.165) is 75.1 Å². The zero-order valence-corrected chi connectivity index (χ0v) is 15.8. The number of aromatic nitrogens is 2. The van der Waals surface area contributed by atoms with Crippen LogP contribution in [0.4, 0.5) is 10.6 Å². The third kappa shape index (κ3) is 4.83. The number of urea groups is 1. The molecule has 3 heterocycles. The summed E-state index contributed by atoms with van der Waals surface area (Å²) in [6, 6.07) is 2.44. The monoisotopic (exact) mass is 345 g/mol. The normalized spacial score (nSPS) is 22.6. The van der Waals surface area contributed by atoms with E-state index in [4.69, 9.17) is 0 Å². The first-order valence-corrected chi connectivity index (χ1v) is 9.64. The van der Waals surface area contributed by atoms with Crippen molar-refractivity contribution in [3.05, 3.63) is 17.6 Å². The molecule has 2 fully saturated rings. The molecule has 1 N–H and O–H groups in total. The molecule has 1 atom stereocenters. The van der Waals surface area contributed by atoms with Crippen LogP contribution in [0.5, 0.6) is 0 Å². The lowest BCUT2D eigenvalue weighted by Crippen LogP contribution is -2.49. The van der Waals surface area contributed by atoms with Crippen molar-refractivity contribution < 1.29 is 4.79 Å². The fourth-order valence-electron chi connectivity index (χ4n) is 3.84. The van der Waals surface area contributed by atoms with Gasteiger partial charge in [0.25, 0.3) is 0 Å². The highest BCUT2D eigenvalue weighted by atomic mass is 16.2. The van der Waals surface area contributed by atoms with Crippen LogP contribution in [0.3, 0.4) is 0 Å². The largest absolute Gasteiger partial charge is 0.356 e. The van der Waals surface area contributed by atoms with Gasteiger partial charge in [-0.15, -0.1) is 0 Å². The van der Waals surface area contributed by atoms with Gasteiger partial charge in [0.1, 0.15) is 11.6 Å². The van der Waals surface area contributed by atoms with Crippen molar-refractivity contribution in [3.63, 3.8) is 0 Å². The van der Waals surface area contributed by atoms with Crippen molar-refractivity contribution >= 4 is 11.8 Å². The van der Waals surface area contributed by atoms with Gasteiger partial charge in [0.2, 0.25) is 0 Å². The van der Waals surface area contributed by atoms with Gasteiger partial charge in [-0.3, -0.25) is 0 Å². The highest BCUT2D eigenvalue weighted by Gasteiger charge is 2.25. The summed E-state index contributed by atoms with van der Waals surface area (Å²) in [5, 5.41) is 3.25. The average molecular weight is 345 g/mol. The molecule has 2 amide bonds. The van der Waals surface area contributed by atoms with E-state index in [1.165, 1.54) is 6.42 Å². The van der Waals surface area contributed by atoms with Gasteiger partial charge in [-0.2, -0.15) is 0 Å². The fraction of sp³-hybridized carbons (Fsp3) is 0.737. The molecule has 0 bridgehead atoms. The smallest absolute Gasteiger partial charge is 0.317 e. The van der Waals surface area contributed by atoms with Crippen LogP contribution in [-0.4, -0.2) is 53.1 Å². The summed E-state index contributed by atoms with van der Waals surface area (Å²) < 4.78 is 0. The van der Waals surface area contributed by atoms with Gasteiger partial charge in [-0.25, -0.2) is 14.8 Å². The Hall–Kier alpha value is -1.85. The second-order valence-corrected chi connectivity index (χ2v) is 7.65. The minimum atomic E-state index is 0.126. The summed E-state index contributed by atoms with van der Waals surface area (Å²) in [5.41, 5.74) is 1.01. The lowest BCUT2D eigenvalue weighted by Gasteiger charge is -2.34. The molecule has 6 nitrogen and oxygen atoms in total. The predicted molar refractivity (Wildman–Crippen MR) is 99.9 cm³/mol. The molecule has 1 aromatic heterocycles. The number of hydrogen-bond donors (Lipinski definition) is 1. The van der Waals surface area contributed by atoms with Gasteiger partial charge in [0, 0.05) is 44.0 Å². The third-order valence-electron chi connectivity index (χ3n) is 5.40. The van der Waals surface area contributed by atoms with Crippen LogP contribution in [0.15, 0.2) is 6.07 Å². The molecule has 2 aliphatic heterocycles. The topological polar surface area (TPSA) is 61.4 Å². The number of nitrogens with one attached hydrogen (secondary N) is 1. The van der Waals surface area contributed by atoms with Crippen molar-refractivity contribution in [3.8, 4) is 0 Å². The van der Waals surface area contributed by atoms with Gasteiger partial charge >= 0.3 is 6.03 Å². The molecule has 0 radical (unpaired) electrons. The standard InChI is InChI=1S/C19H31N5O/c1-14-5-4-9-24(10-6-14)19(25)22-17-7-11-23(12-8-17)18-13-15(2)20-16(3)21-18/h13-14,17H,4-12H2,1-3H3,(H,22,25). The van der Waals surface area contributed by atoms with E-state index in [0.29, 0.717) is 0 Å². The van der Waals surface area contributed by atoms with Crippen LogP contribution < -0.4 is 10.2 Å². The summed E-state index contributed by atoms with van der Waals surface area (Å²) in [4.78, 5) is 25.8. The number of amides is 2. The third-order valence-corrected chi connectivity index (χ3v) is 5.40. The first kappa shape index (κ1) is 18.0. The van der Waals surface area contributed by atoms with E-state index in [9.17, 15) is 4.79 Å². The average Bonchev–Trinajstić information content (AvgIpc) is 2.79. The van der Waals surface area contributed by atoms with E-state index in [2.05, 4.69) is 27.1 Å². The molecule has 1 unspecified atom stereocenters. The van der Waals surface area contributed by atoms with Crippen molar-refractivity contribution in [2.75, 3.05) is 31.1 Å². The first-order valence-electron chi connectivity index (χ1n) is 9.64. The van der Waals surface area contributed by atoms with Gasteiger partial charge in [-0.1, -0.05) is 6.92 Å². The van der Waals surface area contributed by atoms with E-state index in [1.807, 2.05) is 24.8 Å². The Kier molecular flexibility index (Phi) is 5.76. The second-order valence-electron chi connectivity index (χ2n) is 7.65. The molecule has 0 saturated carbocycles. The summed E-state index contributed by atoms with van der Waals surface area (Å²) in [5.74, 6) is 2.57. The molecule has 0 spiro atoms. The molecule has 3 rings (SSSR count). The van der Waals surface area contributed by atoms with Crippen LogP contribution >= 0.6 is 0 Å². The Labute approximate surface area is 151 Å². The highest BCUT2D eigenvalue weighted by molar-refractivity contribution is 5.74. The Morgan fingerprint density at radius 2 is 1.84 bits per heavy atom. The molecular weight excluding hydrogens is 314 g/mol. The quantitative estimate of drug-likeness (QED) is 0.895. The highest BCUT2D eigenvalue weighted by Crippen LogP contribution is 2.20. The minimum absolute atomic E-state index is 0.126. The fourth-order valence-corrected chi connectivity index (χ4v) is 3.84. The van der Waals surface area contributed by atoms with Crippen LogP contribution in [0.1, 0.15) is 50.5 Å². The Balaban J connectivity index is 1.49. The van der Waals surface area contributed by atoms with Crippen molar-refractivity contribution in [1.82, 2.24) is 20.2 Å². The van der Waals surface area contributed by atoms with Crippen LogP contribution in [-0.2, 0) is 0 Å². The Bertz CT molecular complexity index is 577. The molecule has 0 aromatic carbocycles. The molecule has 0 aliphatic carbocycles. The number of nitrogens with zero attached hydrogens (tertiary/aromatic N) is 4. The number of hydrogen-bond acceptors (Lipinski definition) is 4. The molecule has 138 valence electrons. The molecule has 6 heteroatoms. The van der Waals surface area contributed by atoms with Gasteiger partial charge < -0.3 is 15.1 Å². The molecule has 25 heavy (non-hydrogen) atoms. The summed E-state index contributed by atoms with van der Waals surface area (Å²) in [6.07, 6.45) is 5.42. The Morgan fingerprint density at radius 1 is 1.08 bits per heavy atom. The molecule has 1 aromatic rings. The number of anilines is 1. The molecule has 2 saturated heterocycles. The van der Waals surface area contributed by atoms with E-state index >= 15 is 0 Å². The zero-order valence-electron chi connectivity index (χ0n) is 15.8. The van der Waals surface area contributed by atoms with Gasteiger partial charge in [0.05, 0.1) is 0 Å². The lowest BCUT2D eigenvalue weighted by molar-refractivity contribution is 0.193. The second kappa shape index (κ2) is 8.02. The van der Waals surface area contributed by atoms with Crippen LogP contribution in [0.25, 0.3) is 0 Å². The van der Waals surface area contributed by atoms with Gasteiger partial charge in [-0.05, 0) is 51.9 Å². The number of aryl methyl sites for hydroxylation is 2. The maximum atomic E-state index is 12.5. The molecular formula is C19H31N5O. The van der Waals surface area contributed by atoms with Crippen molar-refractivity contribution in [2.45, 2.75) is 58.9 Å². The van der Waals surface area contributed by atoms with Crippen molar-refractivity contribution in [2.24, 2.45) is 5.92 Å². The summed E-state index contributed by atoms with van der Waals surface area (Å²) in [6.45, 7) is 9.88. The summed E-state index contributed by atoms with van der Waals surface area (Å²) >= 11 is 0. The number of likely N-dealkylation sites (tertiary alicyclic amines) is 1. The van der Waals surface area contributed by atoms with E-state index < -0.39 is 0 Å². The van der Waals surface area contributed by atoms with E-state index in [1.54, 1.807) is 0 Å². The number of rotatable bonds is 2.